The second kappa shape index (κ2) is 7.62. The second-order valence-electron chi connectivity index (χ2n) is 7.67. The van der Waals surface area contributed by atoms with Gasteiger partial charge in [-0.2, -0.15) is 0 Å². The highest BCUT2D eigenvalue weighted by Crippen LogP contribution is 2.31. The van der Waals surface area contributed by atoms with E-state index in [1.807, 2.05) is 0 Å². The van der Waals surface area contributed by atoms with Crippen molar-refractivity contribution in [3.05, 3.63) is 0 Å². The van der Waals surface area contributed by atoms with Gasteiger partial charge >= 0.3 is 0 Å². The van der Waals surface area contributed by atoms with Gasteiger partial charge in [0, 0.05) is 6.54 Å². The molecule has 1 saturated heterocycles. The zero-order valence-corrected chi connectivity index (χ0v) is 14.4. The van der Waals surface area contributed by atoms with Crippen molar-refractivity contribution >= 4 is 5.91 Å². The number of nitrogens with zero attached hydrogens (tertiary/aromatic N) is 1. The van der Waals surface area contributed by atoms with Gasteiger partial charge in [-0.1, -0.05) is 53.4 Å². The number of rotatable bonds is 6. The van der Waals surface area contributed by atoms with Crippen molar-refractivity contribution in [2.75, 3.05) is 6.54 Å². The Morgan fingerprint density at radius 1 is 1.24 bits per heavy atom. The van der Waals surface area contributed by atoms with Crippen molar-refractivity contribution in [3.8, 4) is 0 Å². The average Bonchev–Trinajstić information content (AvgIpc) is 2.76. The van der Waals surface area contributed by atoms with Gasteiger partial charge in [-0.15, -0.1) is 0 Å². The Bertz CT molecular complexity index is 334. The SMILES string of the molecule is CCCCC1NC(C(C)C)N(CC2CCC(C)CC2)C1=O. The van der Waals surface area contributed by atoms with Gasteiger partial charge in [-0.3, -0.25) is 10.1 Å². The number of amides is 1. The predicted molar refractivity (Wildman–Crippen MR) is 87.9 cm³/mol. The molecule has 1 saturated carbocycles. The molecule has 1 N–H and O–H groups in total. The second-order valence-corrected chi connectivity index (χ2v) is 7.67. The molecule has 0 aromatic rings. The summed E-state index contributed by atoms with van der Waals surface area (Å²) in [6.45, 7) is 9.98. The van der Waals surface area contributed by atoms with Crippen LogP contribution >= 0.6 is 0 Å². The van der Waals surface area contributed by atoms with E-state index in [4.69, 9.17) is 0 Å². The summed E-state index contributed by atoms with van der Waals surface area (Å²) in [6, 6.07) is 0.0693. The maximum Gasteiger partial charge on any atom is 0.241 e. The Balaban J connectivity index is 1.95. The normalized spacial score (nSPS) is 34.0. The van der Waals surface area contributed by atoms with Gasteiger partial charge in [-0.05, 0) is 37.0 Å². The molecule has 1 aliphatic carbocycles. The third-order valence-electron chi connectivity index (χ3n) is 5.36. The first-order valence-corrected chi connectivity index (χ1v) is 9.09. The number of nitrogens with one attached hydrogen (secondary N) is 1. The van der Waals surface area contributed by atoms with Crippen LogP contribution in [0, 0.1) is 17.8 Å². The van der Waals surface area contributed by atoms with Gasteiger partial charge in [0.15, 0.2) is 0 Å². The number of hydrogen-bond acceptors (Lipinski definition) is 2. The molecule has 1 aliphatic heterocycles. The molecule has 2 rings (SSSR count). The van der Waals surface area contributed by atoms with Gasteiger partial charge in [0.2, 0.25) is 5.91 Å². The smallest absolute Gasteiger partial charge is 0.241 e. The lowest BCUT2D eigenvalue weighted by Gasteiger charge is -2.33. The molecule has 2 atom stereocenters. The zero-order valence-electron chi connectivity index (χ0n) is 14.4. The van der Waals surface area contributed by atoms with Crippen LogP contribution in [0.3, 0.4) is 0 Å². The van der Waals surface area contributed by atoms with E-state index in [1.165, 1.54) is 25.7 Å². The van der Waals surface area contributed by atoms with Crippen molar-refractivity contribution in [2.24, 2.45) is 17.8 Å². The molecule has 122 valence electrons. The maximum atomic E-state index is 12.7. The lowest BCUT2D eigenvalue weighted by atomic mass is 9.82. The van der Waals surface area contributed by atoms with Crippen LogP contribution in [0.2, 0.25) is 0 Å². The largest absolute Gasteiger partial charge is 0.325 e. The first-order chi connectivity index (χ1) is 10.0. The summed E-state index contributed by atoms with van der Waals surface area (Å²) >= 11 is 0. The van der Waals surface area contributed by atoms with E-state index in [0.29, 0.717) is 11.8 Å². The van der Waals surface area contributed by atoms with Crippen LogP contribution in [-0.2, 0) is 4.79 Å². The van der Waals surface area contributed by atoms with Crippen LogP contribution in [0.4, 0.5) is 0 Å². The van der Waals surface area contributed by atoms with E-state index in [0.717, 1.165) is 37.6 Å². The van der Waals surface area contributed by atoms with E-state index >= 15 is 0 Å². The van der Waals surface area contributed by atoms with E-state index in [-0.39, 0.29) is 12.2 Å². The molecule has 1 amide bonds. The lowest BCUT2D eigenvalue weighted by molar-refractivity contribution is -0.131. The molecule has 21 heavy (non-hydrogen) atoms. The molecule has 1 heterocycles. The fourth-order valence-electron chi connectivity index (χ4n) is 3.87. The Labute approximate surface area is 130 Å². The number of carbonyl (C=O) groups excluding carboxylic acids is 1. The van der Waals surface area contributed by atoms with Gasteiger partial charge in [0.1, 0.15) is 0 Å². The highest BCUT2D eigenvalue weighted by Gasteiger charge is 2.40. The van der Waals surface area contributed by atoms with Crippen LogP contribution in [-0.4, -0.2) is 29.6 Å². The minimum Gasteiger partial charge on any atom is -0.325 e. The quantitative estimate of drug-likeness (QED) is 0.808. The van der Waals surface area contributed by atoms with Crippen molar-refractivity contribution in [2.45, 2.75) is 84.8 Å². The van der Waals surface area contributed by atoms with Crippen molar-refractivity contribution in [1.82, 2.24) is 10.2 Å². The molecule has 3 heteroatoms. The standard InChI is InChI=1S/C18H34N2O/c1-5-6-7-16-18(21)20(17(19-16)13(2)3)12-15-10-8-14(4)9-11-15/h13-17,19H,5-12H2,1-4H3. The minimum atomic E-state index is 0.0693. The molecule has 0 aromatic carbocycles. The molecule has 0 bridgehead atoms. The first-order valence-electron chi connectivity index (χ1n) is 9.09. The fraction of sp³-hybridized carbons (Fsp3) is 0.944. The Morgan fingerprint density at radius 3 is 2.48 bits per heavy atom. The predicted octanol–water partition coefficient (Wildman–Crippen LogP) is 3.79. The lowest BCUT2D eigenvalue weighted by Crippen LogP contribution is -2.44. The molecule has 0 spiro atoms. The van der Waals surface area contributed by atoms with Gasteiger partial charge in [0.25, 0.3) is 0 Å². The van der Waals surface area contributed by atoms with Crippen LogP contribution in [0.15, 0.2) is 0 Å². The van der Waals surface area contributed by atoms with Crippen LogP contribution in [0.1, 0.15) is 72.6 Å². The van der Waals surface area contributed by atoms with E-state index in [9.17, 15) is 4.79 Å². The Morgan fingerprint density at radius 2 is 1.90 bits per heavy atom. The molecule has 2 aliphatic rings. The third-order valence-corrected chi connectivity index (χ3v) is 5.36. The van der Waals surface area contributed by atoms with Gasteiger partial charge in [0.05, 0.1) is 12.2 Å². The average molecular weight is 294 g/mol. The molecular formula is C18H34N2O. The molecule has 2 fully saturated rings. The minimum absolute atomic E-state index is 0.0693. The molecule has 0 aromatic heterocycles. The van der Waals surface area contributed by atoms with Crippen molar-refractivity contribution in [1.29, 1.82) is 0 Å². The maximum absolute atomic E-state index is 12.7. The van der Waals surface area contributed by atoms with Crippen LogP contribution in [0.5, 0.6) is 0 Å². The van der Waals surface area contributed by atoms with Crippen LogP contribution < -0.4 is 5.32 Å². The fourth-order valence-corrected chi connectivity index (χ4v) is 3.87. The third kappa shape index (κ3) is 4.21. The van der Waals surface area contributed by atoms with Crippen LogP contribution in [0.25, 0.3) is 0 Å². The summed E-state index contributed by atoms with van der Waals surface area (Å²) in [7, 11) is 0. The summed E-state index contributed by atoms with van der Waals surface area (Å²) in [5.74, 6) is 2.45. The topological polar surface area (TPSA) is 32.3 Å². The number of unbranched alkanes of at least 4 members (excludes halogenated alkanes) is 1. The molecule has 3 nitrogen and oxygen atoms in total. The van der Waals surface area contributed by atoms with E-state index < -0.39 is 0 Å². The highest BCUT2D eigenvalue weighted by atomic mass is 16.2. The Kier molecular flexibility index (Phi) is 6.09. The van der Waals surface area contributed by atoms with Crippen molar-refractivity contribution in [3.63, 3.8) is 0 Å². The number of hydrogen-bond donors (Lipinski definition) is 1. The molecule has 0 radical (unpaired) electrons. The summed E-state index contributed by atoms with van der Waals surface area (Å²) in [6.07, 6.45) is 8.83. The number of carbonyl (C=O) groups is 1. The molecule has 2 unspecified atom stereocenters. The van der Waals surface area contributed by atoms with Crippen molar-refractivity contribution < 1.29 is 4.79 Å². The monoisotopic (exact) mass is 294 g/mol. The Hall–Kier alpha value is -0.570. The van der Waals surface area contributed by atoms with Gasteiger partial charge < -0.3 is 4.90 Å². The first kappa shape index (κ1) is 16.8. The highest BCUT2D eigenvalue weighted by molar-refractivity contribution is 5.84. The zero-order chi connectivity index (χ0) is 15.4. The molecular weight excluding hydrogens is 260 g/mol. The summed E-state index contributed by atoms with van der Waals surface area (Å²) in [5.41, 5.74) is 0. The summed E-state index contributed by atoms with van der Waals surface area (Å²) in [4.78, 5) is 14.9. The van der Waals surface area contributed by atoms with Gasteiger partial charge in [-0.25, -0.2) is 0 Å². The van der Waals surface area contributed by atoms with E-state index in [1.54, 1.807) is 0 Å². The van der Waals surface area contributed by atoms with E-state index in [2.05, 4.69) is 37.9 Å². The summed E-state index contributed by atoms with van der Waals surface area (Å²) < 4.78 is 0. The summed E-state index contributed by atoms with van der Waals surface area (Å²) in [5, 5.41) is 3.60.